The number of benzene rings is 1. The standard InChI is InChI=1S/C13H18ClNO/c1-8-6-10(16-3)7-11(12(8)14)13(4-5-13)9(2)15/h6-7,9H,4-5,15H2,1-3H3. The minimum atomic E-state index is 0.0797. The molecule has 2 nitrogen and oxygen atoms in total. The molecule has 2 N–H and O–H groups in total. The highest BCUT2D eigenvalue weighted by Crippen LogP contribution is 2.53. The predicted octanol–water partition coefficient (Wildman–Crippen LogP) is 3.04. The summed E-state index contributed by atoms with van der Waals surface area (Å²) in [4.78, 5) is 0. The lowest BCUT2D eigenvalue weighted by Gasteiger charge is -2.23. The second-order valence-electron chi connectivity index (χ2n) is 4.75. The zero-order valence-corrected chi connectivity index (χ0v) is 10.8. The lowest BCUT2D eigenvalue weighted by molar-refractivity contribution is 0.412. The number of ether oxygens (including phenoxy) is 1. The molecule has 1 aromatic carbocycles. The maximum Gasteiger partial charge on any atom is 0.119 e. The summed E-state index contributed by atoms with van der Waals surface area (Å²) in [5.41, 5.74) is 8.37. The zero-order chi connectivity index (χ0) is 11.9. The van der Waals surface area contributed by atoms with Crippen LogP contribution in [0.4, 0.5) is 0 Å². The van der Waals surface area contributed by atoms with Gasteiger partial charge in [-0.25, -0.2) is 0 Å². The Balaban J connectivity index is 2.52. The van der Waals surface area contributed by atoms with Crippen molar-refractivity contribution in [3.63, 3.8) is 0 Å². The van der Waals surface area contributed by atoms with Crippen LogP contribution >= 0.6 is 11.6 Å². The molecule has 16 heavy (non-hydrogen) atoms. The number of methoxy groups -OCH3 is 1. The van der Waals surface area contributed by atoms with E-state index in [1.54, 1.807) is 7.11 Å². The van der Waals surface area contributed by atoms with Gasteiger partial charge in [-0.15, -0.1) is 0 Å². The fraction of sp³-hybridized carbons (Fsp3) is 0.538. The Morgan fingerprint density at radius 3 is 2.50 bits per heavy atom. The minimum Gasteiger partial charge on any atom is -0.497 e. The van der Waals surface area contributed by atoms with Gasteiger partial charge in [-0.05, 0) is 49.9 Å². The van der Waals surface area contributed by atoms with Crippen molar-refractivity contribution in [2.45, 2.75) is 38.1 Å². The maximum atomic E-state index is 6.38. The Bertz CT molecular complexity index is 411. The molecule has 0 aliphatic heterocycles. The van der Waals surface area contributed by atoms with Crippen LogP contribution in [0.25, 0.3) is 0 Å². The molecule has 0 radical (unpaired) electrons. The monoisotopic (exact) mass is 239 g/mol. The molecule has 1 unspecified atom stereocenters. The van der Waals surface area contributed by atoms with Crippen molar-refractivity contribution >= 4 is 11.6 Å². The highest BCUT2D eigenvalue weighted by molar-refractivity contribution is 6.32. The summed E-state index contributed by atoms with van der Waals surface area (Å²) in [6.07, 6.45) is 2.24. The van der Waals surface area contributed by atoms with Crippen LogP contribution in [0, 0.1) is 6.92 Å². The summed E-state index contributed by atoms with van der Waals surface area (Å²) in [5, 5.41) is 0.843. The first-order valence-electron chi connectivity index (χ1n) is 5.61. The van der Waals surface area contributed by atoms with E-state index in [2.05, 4.69) is 6.92 Å². The molecule has 0 saturated heterocycles. The second kappa shape index (κ2) is 3.94. The second-order valence-corrected chi connectivity index (χ2v) is 5.13. The van der Waals surface area contributed by atoms with Crippen molar-refractivity contribution in [1.29, 1.82) is 0 Å². The third kappa shape index (κ3) is 1.70. The predicted molar refractivity (Wildman–Crippen MR) is 67.3 cm³/mol. The van der Waals surface area contributed by atoms with Crippen LogP contribution < -0.4 is 10.5 Å². The van der Waals surface area contributed by atoms with E-state index in [-0.39, 0.29) is 11.5 Å². The Hall–Kier alpha value is -0.730. The number of nitrogens with two attached hydrogens (primary N) is 1. The van der Waals surface area contributed by atoms with Crippen LogP contribution in [-0.4, -0.2) is 13.2 Å². The van der Waals surface area contributed by atoms with Gasteiger partial charge in [0.15, 0.2) is 0 Å². The zero-order valence-electron chi connectivity index (χ0n) is 10.0. The van der Waals surface area contributed by atoms with Crippen molar-refractivity contribution in [2.75, 3.05) is 7.11 Å². The van der Waals surface area contributed by atoms with Crippen LogP contribution in [-0.2, 0) is 5.41 Å². The van der Waals surface area contributed by atoms with Crippen LogP contribution in [0.5, 0.6) is 5.75 Å². The number of rotatable bonds is 3. The van der Waals surface area contributed by atoms with Gasteiger partial charge >= 0.3 is 0 Å². The van der Waals surface area contributed by atoms with E-state index in [0.29, 0.717) is 0 Å². The summed E-state index contributed by atoms with van der Waals surface area (Å²) >= 11 is 6.38. The maximum absolute atomic E-state index is 6.38. The van der Waals surface area contributed by atoms with Crippen molar-refractivity contribution < 1.29 is 4.74 Å². The average Bonchev–Trinajstić information content (AvgIpc) is 3.02. The van der Waals surface area contributed by atoms with E-state index < -0.39 is 0 Å². The van der Waals surface area contributed by atoms with Gasteiger partial charge in [0.05, 0.1) is 7.11 Å². The van der Waals surface area contributed by atoms with Gasteiger partial charge in [-0.1, -0.05) is 11.6 Å². The third-order valence-corrected chi connectivity index (χ3v) is 4.16. The summed E-state index contributed by atoms with van der Waals surface area (Å²) < 4.78 is 5.29. The summed E-state index contributed by atoms with van der Waals surface area (Å²) in [7, 11) is 1.68. The fourth-order valence-corrected chi connectivity index (χ4v) is 2.62. The first kappa shape index (κ1) is 11.7. The molecule has 0 aromatic heterocycles. The molecule has 1 aliphatic carbocycles. The molecule has 0 spiro atoms. The van der Waals surface area contributed by atoms with Gasteiger partial charge in [-0.3, -0.25) is 0 Å². The number of aryl methyl sites for hydroxylation is 1. The number of hydrogen-bond donors (Lipinski definition) is 1. The molecule has 1 aliphatic rings. The lowest BCUT2D eigenvalue weighted by atomic mass is 9.88. The number of halogens is 1. The van der Waals surface area contributed by atoms with Crippen LogP contribution in [0.1, 0.15) is 30.9 Å². The van der Waals surface area contributed by atoms with E-state index in [0.717, 1.165) is 34.7 Å². The van der Waals surface area contributed by atoms with Crippen LogP contribution in [0.2, 0.25) is 5.02 Å². The molecule has 1 aromatic rings. The lowest BCUT2D eigenvalue weighted by Crippen LogP contribution is -2.31. The van der Waals surface area contributed by atoms with Gasteiger partial charge in [0.25, 0.3) is 0 Å². The molecule has 1 atom stereocenters. The quantitative estimate of drug-likeness (QED) is 0.880. The Labute approximate surface area is 102 Å². The summed E-state index contributed by atoms with van der Waals surface area (Å²) in [5.74, 6) is 0.865. The summed E-state index contributed by atoms with van der Waals surface area (Å²) in [6, 6.07) is 4.13. The van der Waals surface area contributed by atoms with E-state index in [1.807, 2.05) is 19.1 Å². The molecule has 1 saturated carbocycles. The summed E-state index contributed by atoms with van der Waals surface area (Å²) in [6.45, 7) is 4.06. The molecule has 1 fully saturated rings. The molecular formula is C13H18ClNO. The normalized spacial score (nSPS) is 19.3. The molecule has 0 bridgehead atoms. The molecule has 0 heterocycles. The van der Waals surface area contributed by atoms with E-state index >= 15 is 0 Å². The van der Waals surface area contributed by atoms with Gasteiger partial charge in [0.2, 0.25) is 0 Å². The van der Waals surface area contributed by atoms with Gasteiger partial charge in [-0.2, -0.15) is 0 Å². The SMILES string of the molecule is COc1cc(C)c(Cl)c(C2(C(C)N)CC2)c1. The molecule has 0 amide bonds. The van der Waals surface area contributed by atoms with Crippen molar-refractivity contribution in [3.05, 3.63) is 28.3 Å². The topological polar surface area (TPSA) is 35.2 Å². The highest BCUT2D eigenvalue weighted by atomic mass is 35.5. The largest absolute Gasteiger partial charge is 0.497 e. The first-order chi connectivity index (χ1) is 7.51. The number of hydrogen-bond acceptors (Lipinski definition) is 2. The Morgan fingerprint density at radius 2 is 2.06 bits per heavy atom. The fourth-order valence-electron chi connectivity index (χ4n) is 2.32. The van der Waals surface area contributed by atoms with E-state index in [4.69, 9.17) is 22.1 Å². The van der Waals surface area contributed by atoms with Crippen LogP contribution in [0.3, 0.4) is 0 Å². The van der Waals surface area contributed by atoms with Crippen molar-refractivity contribution in [3.8, 4) is 5.75 Å². The van der Waals surface area contributed by atoms with Gasteiger partial charge in [0, 0.05) is 16.5 Å². The molecule has 3 heteroatoms. The first-order valence-corrected chi connectivity index (χ1v) is 5.99. The molecule has 88 valence electrons. The van der Waals surface area contributed by atoms with E-state index in [1.165, 1.54) is 0 Å². The minimum absolute atomic E-state index is 0.0797. The Kier molecular flexibility index (Phi) is 2.89. The smallest absolute Gasteiger partial charge is 0.119 e. The highest BCUT2D eigenvalue weighted by Gasteiger charge is 2.48. The molecule has 2 rings (SSSR count). The average molecular weight is 240 g/mol. The molecular weight excluding hydrogens is 222 g/mol. The van der Waals surface area contributed by atoms with Gasteiger partial charge < -0.3 is 10.5 Å². The van der Waals surface area contributed by atoms with Crippen molar-refractivity contribution in [2.24, 2.45) is 5.73 Å². The van der Waals surface area contributed by atoms with Crippen molar-refractivity contribution in [1.82, 2.24) is 0 Å². The van der Waals surface area contributed by atoms with Gasteiger partial charge in [0.1, 0.15) is 5.75 Å². The van der Waals surface area contributed by atoms with Crippen LogP contribution in [0.15, 0.2) is 12.1 Å². The Morgan fingerprint density at radius 1 is 1.44 bits per heavy atom. The van der Waals surface area contributed by atoms with E-state index in [9.17, 15) is 0 Å². The third-order valence-electron chi connectivity index (χ3n) is 3.66.